The third kappa shape index (κ3) is 104. The molecule has 54 heavy (non-hydrogen) atoms. The maximum absolute atomic E-state index is 10.7. The van der Waals surface area contributed by atoms with Crippen LogP contribution in [0.1, 0.15) is 66.7 Å². The Morgan fingerprint density at radius 3 is 1.26 bits per heavy atom. The quantitative estimate of drug-likeness (QED) is 0.0564. The van der Waals surface area contributed by atoms with Gasteiger partial charge in [-0.3, -0.25) is 30.9 Å². The van der Waals surface area contributed by atoms with Gasteiger partial charge in [0.05, 0.1) is 52.9 Å². The molecule has 0 aromatic rings. The van der Waals surface area contributed by atoms with Crippen molar-refractivity contribution in [2.45, 2.75) is 66.7 Å². The van der Waals surface area contributed by atoms with Crippen LogP contribution in [0.3, 0.4) is 0 Å². The fourth-order valence-electron chi connectivity index (χ4n) is 1.79. The molecule has 9 N–H and O–H groups in total. The molecule has 0 spiro atoms. The first-order valence-corrected chi connectivity index (χ1v) is 15.9. The molecule has 1 saturated heterocycles. The Kier molecular flexibility index (Phi) is 101. The normalized spacial score (nSPS) is 9.65. The Bertz CT molecular complexity index is 797. The molecule has 3 radical (unpaired) electrons. The number of nitrogens with two attached hydrogens (primary N) is 2. The number of carboxylic acid groups (broad SMARTS) is 1. The number of hydrogen-bond donors (Lipinski definition) is 7. The average Bonchev–Trinajstić information content (AvgIpc) is 3.39. The van der Waals surface area contributed by atoms with Crippen LogP contribution in [-0.4, -0.2) is 146 Å². The van der Waals surface area contributed by atoms with E-state index in [4.69, 9.17) is 45.2 Å². The van der Waals surface area contributed by atoms with E-state index in [1.165, 1.54) is 14.0 Å². The summed E-state index contributed by atoms with van der Waals surface area (Å²) in [6, 6.07) is 0. The van der Waals surface area contributed by atoms with E-state index in [1.54, 1.807) is 13.8 Å². The van der Waals surface area contributed by atoms with E-state index >= 15 is 0 Å². The molecule has 1 heterocycles. The molecule has 0 aromatic heterocycles. The van der Waals surface area contributed by atoms with E-state index < -0.39 is 23.8 Å². The van der Waals surface area contributed by atoms with Crippen molar-refractivity contribution in [3.8, 4) is 0 Å². The standard InChI is InChI=1S/C6H6NO4.C6H13NO3.C5H12O2.C4H11NO2.2C4H7O.C2H4O2.CH5N.3Y/c1-4(8)11-7-5(9)2-3-6(7)10;1-6(9)7-2-4-10-5-3-8;1-2-4-7-5-3-6;5-1-3-7-4-2-6;2*1-3-4(2)5;1-2(3)4;1-2;;;/h1-3H2;8H,2-5H2,1H3,(H,7,9);6H,2-5H2,1H3;6H,1-5H2;2*2-3H2,1H3;1H3,(H,3,4);2H2,1H3;;;/q-1;;;;2*-1;;;;;. The number of imide groups is 1. The van der Waals surface area contributed by atoms with Crippen LogP contribution in [0, 0.1) is 20.8 Å². The molecule has 1 aliphatic rings. The van der Waals surface area contributed by atoms with Crippen molar-refractivity contribution < 1.29 is 171 Å². The Morgan fingerprint density at radius 2 is 1.02 bits per heavy atom. The van der Waals surface area contributed by atoms with E-state index in [0.717, 1.165) is 20.0 Å². The van der Waals surface area contributed by atoms with Gasteiger partial charge < -0.3 is 79.7 Å². The zero-order valence-electron chi connectivity index (χ0n) is 33.0. The molecule has 19 nitrogen and oxygen atoms in total. The number of hydrogen-bond acceptors (Lipinski definition) is 16. The Labute approximate surface area is 397 Å². The number of rotatable bonds is 16. The largest absolute Gasteiger partial charge is 0.481 e. The molecule has 1 aliphatic heterocycles. The SMILES string of the molecule is CC(=O)NCCOCCO.CC(=O)O.CCCOCCO.CN.NCCOCCO.[CH2-]C(=O)CC.[CH2-]C(=O)CC.[CH2-]C(=O)ON1C(=O)CCC1=O.[Y].[Y].[Y]. The predicted molar refractivity (Wildman–Crippen MR) is 189 cm³/mol. The number of carboxylic acids is 1. The smallest absolute Gasteiger partial charge is 0.300 e. The van der Waals surface area contributed by atoms with E-state index in [9.17, 15) is 28.8 Å². The summed E-state index contributed by atoms with van der Waals surface area (Å²) in [5.74, 6) is -2.78. The molecule has 0 unspecified atom stereocenters. The summed E-state index contributed by atoms with van der Waals surface area (Å²) in [5, 5.41) is 35.0. The number of carbonyl (C=O) groups excluding carboxylic acids is 6. The van der Waals surface area contributed by atoms with Crippen LogP contribution in [0.4, 0.5) is 0 Å². The maximum Gasteiger partial charge on any atom is 0.300 e. The van der Waals surface area contributed by atoms with Crippen LogP contribution < -0.4 is 16.8 Å². The molecule has 0 aliphatic carbocycles. The van der Waals surface area contributed by atoms with Gasteiger partial charge in [-0.2, -0.15) is 0 Å². The Morgan fingerprint density at radius 1 is 0.704 bits per heavy atom. The number of carbonyl (C=O) groups is 7. The van der Waals surface area contributed by atoms with Gasteiger partial charge in [-0.05, 0) is 37.9 Å². The van der Waals surface area contributed by atoms with Crippen molar-refractivity contribution >= 4 is 41.2 Å². The minimum atomic E-state index is -0.909. The predicted octanol–water partition coefficient (Wildman–Crippen LogP) is -0.824. The first kappa shape index (κ1) is 77.9. The molecule has 3 amide bonds. The second-order valence-electron chi connectivity index (χ2n) is 8.63. The van der Waals surface area contributed by atoms with Crippen molar-refractivity contribution in [3.63, 3.8) is 0 Å². The number of aliphatic hydroxyl groups is 3. The van der Waals surface area contributed by atoms with Gasteiger partial charge >= 0.3 is 0 Å². The molecule has 0 atom stereocenters. The molecular weight excluding hydrogens is 947 g/mol. The van der Waals surface area contributed by atoms with E-state index in [2.05, 4.69) is 36.7 Å². The number of ether oxygens (including phenoxy) is 3. The molecule has 22 heteroatoms. The van der Waals surface area contributed by atoms with Crippen molar-refractivity contribution in [2.75, 3.05) is 79.6 Å². The number of ketones is 2. The van der Waals surface area contributed by atoms with Gasteiger partial charge in [-0.25, -0.2) is 0 Å². The summed E-state index contributed by atoms with van der Waals surface area (Å²) in [5.41, 5.74) is 9.56. The Hall–Kier alpha value is -0.508. The summed E-state index contributed by atoms with van der Waals surface area (Å²) in [6.07, 6.45) is 2.35. The van der Waals surface area contributed by atoms with Crippen molar-refractivity contribution in [2.24, 2.45) is 11.5 Å². The van der Waals surface area contributed by atoms with Crippen molar-refractivity contribution in [1.29, 1.82) is 0 Å². The monoisotopic (exact) mass is 1010 g/mol. The Balaban J connectivity index is -0.0000000527. The number of nitrogens with one attached hydrogen (secondary N) is 1. The summed E-state index contributed by atoms with van der Waals surface area (Å²) >= 11 is 0. The fourth-order valence-corrected chi connectivity index (χ4v) is 1.79. The second kappa shape index (κ2) is 70.3. The number of amides is 3. The average molecular weight is 1010 g/mol. The number of aliphatic carboxylic acids is 1. The minimum absolute atomic E-state index is 0. The summed E-state index contributed by atoms with van der Waals surface area (Å²) < 4.78 is 14.5. The molecular formula is C32H65N4O15Y3-3. The zero-order valence-corrected chi connectivity index (χ0v) is 41.6. The van der Waals surface area contributed by atoms with Crippen LogP contribution in [0.25, 0.3) is 0 Å². The molecule has 0 bridgehead atoms. The zero-order chi connectivity index (χ0) is 41.5. The van der Waals surface area contributed by atoms with Crippen LogP contribution >= 0.6 is 0 Å². The second-order valence-corrected chi connectivity index (χ2v) is 8.63. The van der Waals surface area contributed by atoms with Crippen molar-refractivity contribution in [3.05, 3.63) is 20.8 Å². The van der Waals surface area contributed by atoms with Gasteiger partial charge in [0.25, 0.3) is 17.8 Å². The van der Waals surface area contributed by atoms with Gasteiger partial charge in [0.15, 0.2) is 0 Å². The fraction of sp³-hybridized carbons (Fsp3) is 0.688. The molecule has 1 rings (SSSR count). The number of aliphatic hydroxyl groups excluding tert-OH is 3. The van der Waals surface area contributed by atoms with Crippen LogP contribution in [-0.2, 0) is 151 Å². The molecule has 1 fully saturated rings. The minimum Gasteiger partial charge on any atom is -0.481 e. The summed E-state index contributed by atoms with van der Waals surface area (Å²) in [7, 11) is 1.50. The first-order valence-electron chi connectivity index (χ1n) is 15.9. The van der Waals surface area contributed by atoms with Gasteiger partial charge in [0.1, 0.15) is 0 Å². The van der Waals surface area contributed by atoms with Crippen LogP contribution in [0.15, 0.2) is 0 Å². The molecule has 315 valence electrons. The van der Waals surface area contributed by atoms with Crippen LogP contribution in [0.2, 0.25) is 0 Å². The first-order chi connectivity index (χ1) is 24.0. The van der Waals surface area contributed by atoms with E-state index in [-0.39, 0.29) is 148 Å². The summed E-state index contributed by atoms with van der Waals surface area (Å²) in [6.45, 7) is 21.5. The maximum atomic E-state index is 10.7. The van der Waals surface area contributed by atoms with Gasteiger partial charge in [-0.1, -0.05) is 20.8 Å². The van der Waals surface area contributed by atoms with Gasteiger partial charge in [-0.15, -0.1) is 5.06 Å². The van der Waals surface area contributed by atoms with Gasteiger partial charge in [0, 0.05) is 145 Å². The number of Topliss-reactive ketones (excluding diaryl/α,β-unsaturated/α-hetero) is 2. The summed E-state index contributed by atoms with van der Waals surface area (Å²) in [4.78, 5) is 74.5. The number of hydroxylamine groups is 2. The van der Waals surface area contributed by atoms with E-state index in [0.29, 0.717) is 64.0 Å². The van der Waals surface area contributed by atoms with Gasteiger partial charge in [0.2, 0.25) is 11.9 Å². The topological polar surface area (TPSA) is 305 Å². The third-order valence-corrected chi connectivity index (χ3v) is 3.93. The van der Waals surface area contributed by atoms with Crippen molar-refractivity contribution in [1.82, 2.24) is 10.4 Å². The van der Waals surface area contributed by atoms with E-state index in [1.807, 2.05) is 6.92 Å². The third-order valence-electron chi connectivity index (χ3n) is 3.93. The number of nitrogens with zero attached hydrogens (tertiary/aromatic N) is 1. The molecule has 0 aromatic carbocycles. The molecule has 0 saturated carbocycles. The van der Waals surface area contributed by atoms with Crippen LogP contribution in [0.5, 0.6) is 0 Å².